The lowest BCUT2D eigenvalue weighted by atomic mass is 9.86. The lowest BCUT2D eigenvalue weighted by Gasteiger charge is -2.21. The molecule has 0 aliphatic rings. The summed E-state index contributed by atoms with van der Waals surface area (Å²) >= 11 is 0. The van der Waals surface area contributed by atoms with Gasteiger partial charge in [-0.05, 0) is 70.2 Å². The highest BCUT2D eigenvalue weighted by molar-refractivity contribution is 5.76. The molecular weight excluding hydrogens is 536 g/mol. The van der Waals surface area contributed by atoms with Crippen molar-refractivity contribution in [2.24, 2.45) is 0 Å². The third-order valence-corrected chi connectivity index (χ3v) is 8.11. The number of rotatable bonds is 16. The van der Waals surface area contributed by atoms with E-state index >= 15 is 0 Å². The molecule has 44 heavy (non-hydrogen) atoms. The van der Waals surface area contributed by atoms with Gasteiger partial charge in [0, 0.05) is 11.1 Å². The minimum atomic E-state index is 0.0859. The topological polar surface area (TPSA) is 18.5 Å². The maximum Gasteiger partial charge on any atom is 0.126 e. The van der Waals surface area contributed by atoms with E-state index < -0.39 is 0 Å². The average Bonchev–Trinajstić information content (AvgIpc) is 2.99. The average molecular weight is 595 g/mol. The van der Waals surface area contributed by atoms with Crippen LogP contribution in [0.4, 0.5) is 0 Å². The largest absolute Gasteiger partial charge is 0.493 e. The molecule has 238 valence electrons. The Morgan fingerprint density at radius 3 is 1.20 bits per heavy atom. The zero-order valence-corrected chi connectivity index (χ0v) is 29.0. The second-order valence-corrected chi connectivity index (χ2v) is 14.2. The molecule has 0 atom stereocenters. The summed E-state index contributed by atoms with van der Waals surface area (Å²) in [7, 11) is 0. The Morgan fingerprint density at radius 2 is 0.864 bits per heavy atom. The van der Waals surface area contributed by atoms with Crippen molar-refractivity contribution in [3.63, 3.8) is 0 Å². The molecule has 0 aliphatic heterocycles. The monoisotopic (exact) mass is 594 g/mol. The molecule has 2 nitrogen and oxygen atoms in total. The van der Waals surface area contributed by atoms with E-state index in [0.717, 1.165) is 48.7 Å². The van der Waals surface area contributed by atoms with E-state index in [1.54, 1.807) is 0 Å². The molecule has 0 unspecified atom stereocenters. The Morgan fingerprint density at radius 1 is 0.477 bits per heavy atom. The third kappa shape index (κ3) is 11.7. The van der Waals surface area contributed by atoms with Crippen molar-refractivity contribution in [1.29, 1.82) is 0 Å². The number of unbranched alkanes of at least 4 members (excludes halogenated alkanes) is 6. The van der Waals surface area contributed by atoms with E-state index in [1.165, 1.54) is 60.8 Å². The van der Waals surface area contributed by atoms with Crippen LogP contribution in [-0.4, -0.2) is 13.2 Å². The first-order valence-electron chi connectivity index (χ1n) is 17.0. The molecule has 3 rings (SSSR count). The smallest absolute Gasteiger partial charge is 0.126 e. The van der Waals surface area contributed by atoms with Gasteiger partial charge in [-0.3, -0.25) is 0 Å². The Labute approximate surface area is 269 Å². The number of hydrogen-bond acceptors (Lipinski definition) is 2. The molecule has 0 heterocycles. The third-order valence-electron chi connectivity index (χ3n) is 8.11. The Kier molecular flexibility index (Phi) is 13.8. The van der Waals surface area contributed by atoms with Gasteiger partial charge in [0.15, 0.2) is 0 Å². The molecule has 3 aromatic rings. The molecule has 2 heteroatoms. The van der Waals surface area contributed by atoms with E-state index in [4.69, 9.17) is 9.47 Å². The summed E-state index contributed by atoms with van der Waals surface area (Å²) in [6, 6.07) is 22.0. The van der Waals surface area contributed by atoms with Crippen LogP contribution in [0.25, 0.3) is 24.3 Å². The highest BCUT2D eigenvalue weighted by Gasteiger charge is 2.16. The van der Waals surface area contributed by atoms with Crippen molar-refractivity contribution in [3.05, 3.63) is 94.0 Å². The predicted molar refractivity (Wildman–Crippen MR) is 194 cm³/mol. The van der Waals surface area contributed by atoms with Crippen molar-refractivity contribution in [3.8, 4) is 11.5 Å². The highest BCUT2D eigenvalue weighted by Crippen LogP contribution is 2.31. The molecule has 0 N–H and O–H groups in total. The highest BCUT2D eigenvalue weighted by atomic mass is 16.5. The molecule has 0 radical (unpaired) electrons. The molecule has 0 aromatic heterocycles. The fraction of sp³-hybridized carbons (Fsp3) is 0.476. The summed E-state index contributed by atoms with van der Waals surface area (Å²) in [6.07, 6.45) is 18.4. The zero-order chi connectivity index (χ0) is 32.0. The van der Waals surface area contributed by atoms with Gasteiger partial charge < -0.3 is 9.47 Å². The second kappa shape index (κ2) is 17.3. The quantitative estimate of drug-likeness (QED) is 0.121. The van der Waals surface area contributed by atoms with Gasteiger partial charge in [-0.1, -0.05) is 155 Å². The standard InChI is InChI=1S/C42H58O2/c1-9-11-13-15-29-43-39-27-25-37(41(3,4)5)31-35(39)23-21-33-17-19-34(20-18-33)22-24-36-32-38(42(6,7)8)26-28-40(36)44-30-16-14-12-10-2/h17-28,31-32H,9-16,29-30H2,1-8H3/b23-21+,24-22+. The second-order valence-electron chi connectivity index (χ2n) is 14.2. The number of benzene rings is 3. The van der Waals surface area contributed by atoms with E-state index in [0.29, 0.717) is 0 Å². The molecular formula is C42H58O2. The fourth-order valence-corrected chi connectivity index (χ4v) is 5.07. The predicted octanol–water partition coefficient (Wildman–Crippen LogP) is 12.5. The van der Waals surface area contributed by atoms with Crippen molar-refractivity contribution in [2.45, 2.75) is 118 Å². The van der Waals surface area contributed by atoms with Gasteiger partial charge in [0.25, 0.3) is 0 Å². The van der Waals surface area contributed by atoms with Gasteiger partial charge in [-0.25, -0.2) is 0 Å². The van der Waals surface area contributed by atoms with Crippen LogP contribution in [0.2, 0.25) is 0 Å². The minimum Gasteiger partial charge on any atom is -0.493 e. The molecule has 0 aliphatic carbocycles. The van der Waals surface area contributed by atoms with Crippen LogP contribution >= 0.6 is 0 Å². The van der Waals surface area contributed by atoms with Crippen LogP contribution in [0.1, 0.15) is 140 Å². The minimum absolute atomic E-state index is 0.0859. The Hall–Kier alpha value is -3.26. The normalized spacial score (nSPS) is 12.4. The van der Waals surface area contributed by atoms with Gasteiger partial charge in [0.05, 0.1) is 13.2 Å². The summed E-state index contributed by atoms with van der Waals surface area (Å²) < 4.78 is 12.5. The van der Waals surface area contributed by atoms with Crippen LogP contribution in [0, 0.1) is 0 Å². The number of ether oxygens (including phenoxy) is 2. The van der Waals surface area contributed by atoms with Crippen LogP contribution in [0.3, 0.4) is 0 Å². The van der Waals surface area contributed by atoms with Gasteiger partial charge in [0.1, 0.15) is 11.5 Å². The van der Waals surface area contributed by atoms with Crippen molar-refractivity contribution in [1.82, 2.24) is 0 Å². The first kappa shape index (κ1) is 35.2. The molecule has 0 spiro atoms. The van der Waals surface area contributed by atoms with E-state index in [9.17, 15) is 0 Å². The van der Waals surface area contributed by atoms with Crippen molar-refractivity contribution < 1.29 is 9.47 Å². The Balaban J connectivity index is 1.76. The maximum absolute atomic E-state index is 6.24. The number of hydrogen-bond donors (Lipinski definition) is 0. The van der Waals surface area contributed by atoms with Gasteiger partial charge in [0.2, 0.25) is 0 Å². The lowest BCUT2D eigenvalue weighted by Crippen LogP contribution is -2.11. The van der Waals surface area contributed by atoms with Gasteiger partial charge in [-0.2, -0.15) is 0 Å². The SMILES string of the molecule is CCCCCCOc1ccc(C(C)(C)C)cc1/C=C/c1ccc(/C=C/c2cc(C(C)(C)C)ccc2OCCCCCC)cc1. The van der Waals surface area contributed by atoms with Crippen LogP contribution in [-0.2, 0) is 10.8 Å². The maximum atomic E-state index is 6.24. The van der Waals surface area contributed by atoms with Gasteiger partial charge in [-0.15, -0.1) is 0 Å². The van der Waals surface area contributed by atoms with Crippen molar-refractivity contribution in [2.75, 3.05) is 13.2 Å². The molecule has 3 aromatic carbocycles. The Bertz CT molecular complexity index is 1230. The zero-order valence-electron chi connectivity index (χ0n) is 29.0. The summed E-state index contributed by atoms with van der Waals surface area (Å²) in [4.78, 5) is 0. The first-order chi connectivity index (χ1) is 21.0. The summed E-state index contributed by atoms with van der Waals surface area (Å²) in [5, 5.41) is 0. The summed E-state index contributed by atoms with van der Waals surface area (Å²) in [5.41, 5.74) is 7.42. The first-order valence-corrected chi connectivity index (χ1v) is 17.0. The summed E-state index contributed by atoms with van der Waals surface area (Å²) in [6.45, 7) is 19.6. The van der Waals surface area contributed by atoms with Crippen LogP contribution in [0.15, 0.2) is 60.7 Å². The fourth-order valence-electron chi connectivity index (χ4n) is 5.07. The molecule has 0 fully saturated rings. The molecule has 0 bridgehead atoms. The summed E-state index contributed by atoms with van der Waals surface area (Å²) in [5.74, 6) is 1.93. The molecule has 0 saturated carbocycles. The van der Waals surface area contributed by atoms with Crippen LogP contribution in [0.5, 0.6) is 11.5 Å². The van der Waals surface area contributed by atoms with Crippen LogP contribution < -0.4 is 9.47 Å². The van der Waals surface area contributed by atoms with E-state index in [2.05, 4.69) is 140 Å². The van der Waals surface area contributed by atoms with E-state index in [-0.39, 0.29) is 10.8 Å². The molecule has 0 amide bonds. The van der Waals surface area contributed by atoms with Crippen molar-refractivity contribution >= 4 is 24.3 Å². The van der Waals surface area contributed by atoms with Gasteiger partial charge >= 0.3 is 0 Å². The molecule has 0 saturated heterocycles. The van der Waals surface area contributed by atoms with E-state index in [1.807, 2.05) is 0 Å². The lowest BCUT2D eigenvalue weighted by molar-refractivity contribution is 0.304.